The van der Waals surface area contributed by atoms with Gasteiger partial charge in [-0.25, -0.2) is 0 Å². The van der Waals surface area contributed by atoms with Crippen molar-refractivity contribution >= 4 is 16.8 Å². The van der Waals surface area contributed by atoms with Gasteiger partial charge in [-0.2, -0.15) is 0 Å². The first-order valence-corrected chi connectivity index (χ1v) is 6.67. The summed E-state index contributed by atoms with van der Waals surface area (Å²) < 4.78 is 4.87. The molecular weight excluding hydrogens is 240 g/mol. The summed E-state index contributed by atoms with van der Waals surface area (Å²) in [7, 11) is 1.54. The number of rotatable bonds is 3. The van der Waals surface area contributed by atoms with Crippen molar-refractivity contribution in [1.29, 1.82) is 0 Å². The zero-order valence-electron chi connectivity index (χ0n) is 11.0. The Morgan fingerprint density at radius 1 is 1.47 bits per heavy atom. The molecule has 4 nitrogen and oxygen atoms in total. The average molecular weight is 258 g/mol. The second-order valence-corrected chi connectivity index (χ2v) is 5.01. The molecule has 0 unspecified atom stereocenters. The lowest BCUT2D eigenvalue weighted by molar-refractivity contribution is -0.125. The van der Waals surface area contributed by atoms with Crippen molar-refractivity contribution < 1.29 is 9.53 Å². The Bertz CT molecular complexity index is 603. The van der Waals surface area contributed by atoms with Crippen molar-refractivity contribution in [2.45, 2.75) is 25.3 Å². The van der Waals surface area contributed by atoms with Gasteiger partial charge in [0.25, 0.3) is 0 Å². The average Bonchev–Trinajstić information content (AvgIpc) is 2.79. The maximum absolute atomic E-state index is 11.7. The van der Waals surface area contributed by atoms with Crippen molar-refractivity contribution in [3.63, 3.8) is 0 Å². The van der Waals surface area contributed by atoms with Gasteiger partial charge in [-0.3, -0.25) is 4.79 Å². The van der Waals surface area contributed by atoms with E-state index in [0.717, 1.165) is 30.5 Å². The summed E-state index contributed by atoms with van der Waals surface area (Å²) in [4.78, 5) is 15.1. The van der Waals surface area contributed by atoms with Gasteiger partial charge in [0.15, 0.2) is 0 Å². The van der Waals surface area contributed by atoms with Crippen LogP contribution in [0.3, 0.4) is 0 Å². The van der Waals surface area contributed by atoms with Gasteiger partial charge < -0.3 is 15.0 Å². The molecule has 2 aromatic rings. The monoisotopic (exact) mass is 258 g/mol. The number of fused-ring (bicyclic) bond motifs is 3. The number of hydrogen-bond acceptors (Lipinski definition) is 2. The molecule has 0 radical (unpaired) electrons. The lowest BCUT2D eigenvalue weighted by Gasteiger charge is -2.23. The van der Waals surface area contributed by atoms with E-state index in [4.69, 9.17) is 4.74 Å². The minimum Gasteiger partial charge on any atom is -0.375 e. The summed E-state index contributed by atoms with van der Waals surface area (Å²) in [6, 6.07) is 8.40. The van der Waals surface area contributed by atoms with Crippen LogP contribution in [0.1, 0.15) is 30.1 Å². The Kier molecular flexibility index (Phi) is 3.25. The lowest BCUT2D eigenvalue weighted by Crippen LogP contribution is -2.33. The van der Waals surface area contributed by atoms with Gasteiger partial charge in [0.2, 0.25) is 5.91 Å². The van der Waals surface area contributed by atoms with Gasteiger partial charge in [0, 0.05) is 23.7 Å². The van der Waals surface area contributed by atoms with E-state index in [1.807, 2.05) is 6.07 Å². The number of carbonyl (C=O) groups is 1. The smallest absolute Gasteiger partial charge is 0.246 e. The molecular formula is C15H18N2O2. The SMILES string of the molecule is COCC(=O)N[C@H]1CCCc2c1[nH]c1ccccc21. The molecule has 3 rings (SSSR count). The summed E-state index contributed by atoms with van der Waals surface area (Å²) in [6.07, 6.45) is 3.16. The van der Waals surface area contributed by atoms with Crippen LogP contribution in [0.25, 0.3) is 10.9 Å². The minimum absolute atomic E-state index is 0.0565. The molecule has 0 saturated heterocycles. The fourth-order valence-corrected chi connectivity index (χ4v) is 2.93. The lowest BCUT2D eigenvalue weighted by atomic mass is 9.91. The predicted octanol–water partition coefficient (Wildman–Crippen LogP) is 2.31. The van der Waals surface area contributed by atoms with Gasteiger partial charge in [0.1, 0.15) is 6.61 Å². The predicted molar refractivity (Wildman–Crippen MR) is 74.0 cm³/mol. The minimum atomic E-state index is -0.0565. The highest BCUT2D eigenvalue weighted by atomic mass is 16.5. The number of para-hydroxylation sites is 1. The molecule has 19 heavy (non-hydrogen) atoms. The largest absolute Gasteiger partial charge is 0.375 e. The highest BCUT2D eigenvalue weighted by Gasteiger charge is 2.25. The van der Waals surface area contributed by atoms with Crippen LogP contribution in [0.5, 0.6) is 0 Å². The third-order valence-electron chi connectivity index (χ3n) is 3.73. The maximum atomic E-state index is 11.7. The molecule has 2 N–H and O–H groups in total. The van der Waals surface area contributed by atoms with Crippen molar-refractivity contribution in [2.24, 2.45) is 0 Å². The van der Waals surface area contributed by atoms with E-state index in [2.05, 4.69) is 28.5 Å². The number of H-pyrrole nitrogens is 1. The van der Waals surface area contributed by atoms with Gasteiger partial charge in [0.05, 0.1) is 6.04 Å². The first-order valence-electron chi connectivity index (χ1n) is 6.67. The molecule has 1 aromatic carbocycles. The van der Waals surface area contributed by atoms with E-state index in [9.17, 15) is 4.79 Å². The maximum Gasteiger partial charge on any atom is 0.246 e. The molecule has 4 heteroatoms. The normalized spacial score (nSPS) is 18.3. The number of hydrogen-bond donors (Lipinski definition) is 2. The second-order valence-electron chi connectivity index (χ2n) is 5.01. The number of benzene rings is 1. The van der Waals surface area contributed by atoms with Gasteiger partial charge >= 0.3 is 0 Å². The Balaban J connectivity index is 1.93. The topological polar surface area (TPSA) is 54.1 Å². The molecule has 1 aromatic heterocycles. The number of methoxy groups -OCH3 is 1. The number of carbonyl (C=O) groups excluding carboxylic acids is 1. The molecule has 100 valence electrons. The molecule has 1 heterocycles. The second kappa shape index (κ2) is 5.05. The molecule has 1 atom stereocenters. The van der Waals surface area contributed by atoms with Gasteiger partial charge in [-0.15, -0.1) is 0 Å². The van der Waals surface area contributed by atoms with E-state index >= 15 is 0 Å². The highest BCUT2D eigenvalue weighted by Crippen LogP contribution is 2.34. The summed E-state index contributed by atoms with van der Waals surface area (Å²) in [6.45, 7) is 0.117. The zero-order chi connectivity index (χ0) is 13.2. The molecule has 0 spiro atoms. The van der Waals surface area contributed by atoms with Crippen LogP contribution < -0.4 is 5.32 Å². The summed E-state index contributed by atoms with van der Waals surface area (Å²) in [5.41, 5.74) is 3.67. The summed E-state index contributed by atoms with van der Waals surface area (Å²) in [5, 5.41) is 4.32. The molecule has 1 amide bonds. The van der Waals surface area contributed by atoms with Crippen LogP contribution in [0.15, 0.2) is 24.3 Å². The van der Waals surface area contributed by atoms with Crippen LogP contribution in [-0.4, -0.2) is 24.6 Å². The van der Waals surface area contributed by atoms with Crippen molar-refractivity contribution in [3.8, 4) is 0 Å². The molecule has 1 aliphatic rings. The van der Waals surface area contributed by atoms with E-state index in [0.29, 0.717) is 0 Å². The van der Waals surface area contributed by atoms with E-state index in [1.165, 1.54) is 18.1 Å². The molecule has 0 bridgehead atoms. The van der Waals surface area contributed by atoms with Crippen LogP contribution in [-0.2, 0) is 16.0 Å². The number of aromatic amines is 1. The Labute approximate surface area is 112 Å². The number of amides is 1. The number of aromatic nitrogens is 1. The number of nitrogens with one attached hydrogen (secondary N) is 2. The van der Waals surface area contributed by atoms with Crippen LogP contribution in [0.2, 0.25) is 0 Å². The fraction of sp³-hybridized carbons (Fsp3) is 0.400. The van der Waals surface area contributed by atoms with E-state index in [1.54, 1.807) is 0 Å². The summed E-state index contributed by atoms with van der Waals surface area (Å²) in [5.74, 6) is -0.0565. The summed E-state index contributed by atoms with van der Waals surface area (Å²) >= 11 is 0. The quantitative estimate of drug-likeness (QED) is 0.887. The molecule has 1 aliphatic carbocycles. The van der Waals surface area contributed by atoms with Gasteiger partial charge in [-0.1, -0.05) is 18.2 Å². The molecule has 0 fully saturated rings. The van der Waals surface area contributed by atoms with Crippen LogP contribution in [0.4, 0.5) is 0 Å². The van der Waals surface area contributed by atoms with Crippen LogP contribution >= 0.6 is 0 Å². The van der Waals surface area contributed by atoms with Crippen molar-refractivity contribution in [1.82, 2.24) is 10.3 Å². The molecule has 0 aliphatic heterocycles. The van der Waals surface area contributed by atoms with Crippen molar-refractivity contribution in [3.05, 3.63) is 35.5 Å². The fourth-order valence-electron chi connectivity index (χ4n) is 2.93. The van der Waals surface area contributed by atoms with Gasteiger partial charge in [-0.05, 0) is 30.9 Å². The Morgan fingerprint density at radius 2 is 2.32 bits per heavy atom. The standard InChI is InChI=1S/C15H18N2O2/c1-19-9-14(18)16-13-8-4-6-11-10-5-2-3-7-12(10)17-15(11)13/h2-3,5,7,13,17H,4,6,8-9H2,1H3,(H,16,18)/t13-/m0/s1. The Morgan fingerprint density at radius 3 is 3.16 bits per heavy atom. The van der Waals surface area contributed by atoms with Crippen LogP contribution in [0, 0.1) is 0 Å². The highest BCUT2D eigenvalue weighted by molar-refractivity contribution is 5.85. The van der Waals surface area contributed by atoms with E-state index in [-0.39, 0.29) is 18.6 Å². The third-order valence-corrected chi connectivity index (χ3v) is 3.73. The first kappa shape index (κ1) is 12.2. The van der Waals surface area contributed by atoms with Crippen molar-refractivity contribution in [2.75, 3.05) is 13.7 Å². The zero-order valence-corrected chi connectivity index (χ0v) is 11.0. The third kappa shape index (κ3) is 2.24. The molecule has 0 saturated carbocycles. The number of ether oxygens (including phenoxy) is 1. The Hall–Kier alpha value is -1.81. The first-order chi connectivity index (χ1) is 9.29. The van der Waals surface area contributed by atoms with E-state index < -0.39 is 0 Å². The number of aryl methyl sites for hydroxylation is 1.